The average molecular weight is 736 g/mol. The summed E-state index contributed by atoms with van der Waals surface area (Å²) in [5, 5.41) is 4.00. The third-order valence-corrected chi connectivity index (χ3v) is 8.88. The highest BCUT2D eigenvalue weighted by Gasteiger charge is 2.58. The molecule has 1 fully saturated rings. The Labute approximate surface area is 312 Å². The van der Waals surface area contributed by atoms with Gasteiger partial charge >= 0.3 is 10.9 Å². The number of benzene rings is 4. The molecular weight excluding hydrogens is 695 g/mol. The van der Waals surface area contributed by atoms with Gasteiger partial charge in [-0.2, -0.15) is 0 Å². The number of ether oxygens (including phenoxy) is 5. The first-order valence-corrected chi connectivity index (χ1v) is 17.7. The first kappa shape index (κ1) is 37.4. The van der Waals surface area contributed by atoms with Crippen LogP contribution in [0.5, 0.6) is 5.75 Å². The fourth-order valence-electron chi connectivity index (χ4n) is 6.07. The number of rotatable bonds is 16. The average Bonchev–Trinajstić information content (AvgIpc) is 3.47. The van der Waals surface area contributed by atoms with Crippen molar-refractivity contribution in [2.24, 2.45) is 5.16 Å². The molecule has 0 saturated carbocycles. The molecule has 0 aliphatic carbocycles. The van der Waals surface area contributed by atoms with Crippen molar-refractivity contribution >= 4 is 23.7 Å². The summed E-state index contributed by atoms with van der Waals surface area (Å²) >= 11 is 5.62. The molecular formula is C41H41N3O8S. The van der Waals surface area contributed by atoms with Gasteiger partial charge in [-0.15, -0.1) is 0 Å². The Bertz CT molecular complexity index is 2040. The number of nitrogens with zero attached hydrogens (tertiary/aromatic N) is 2. The van der Waals surface area contributed by atoms with E-state index in [2.05, 4.69) is 10.1 Å². The standard InChI is InChI=1S/C41H41N3O8S/c1-30-25-44(39(46)43-37(30)45)38-35(51-40(53)50-34-21-12-5-13-22-34)36(48-27-32-17-8-3-9-18-32)41(52-38,29-47-26-31-15-6-2-7-16-31)23-14-24-42-49-28-33-19-10-4-11-20-33/h2-13,15-22,24-25,35-36,38H,14,23,26-29H2,1H3,(H,43,45,46)/b42-24+/t35-,36+,38-,41-/m1/s1. The van der Waals surface area contributed by atoms with E-state index in [4.69, 9.17) is 40.7 Å². The molecule has 1 aliphatic rings. The number of nitrogens with one attached hydrogen (secondary N) is 1. The highest BCUT2D eigenvalue weighted by atomic mass is 32.1. The molecule has 0 bridgehead atoms. The molecule has 0 spiro atoms. The van der Waals surface area contributed by atoms with E-state index in [0.717, 1.165) is 16.7 Å². The highest BCUT2D eigenvalue weighted by Crippen LogP contribution is 2.44. The maximum Gasteiger partial charge on any atom is 0.358 e. The van der Waals surface area contributed by atoms with Crippen molar-refractivity contribution < 1.29 is 28.5 Å². The second-order valence-electron chi connectivity index (χ2n) is 12.6. The minimum atomic E-state index is -1.23. The van der Waals surface area contributed by atoms with Gasteiger partial charge in [-0.25, -0.2) is 4.79 Å². The van der Waals surface area contributed by atoms with E-state index < -0.39 is 35.3 Å². The van der Waals surface area contributed by atoms with Gasteiger partial charge < -0.3 is 28.5 Å². The largest absolute Gasteiger partial charge is 0.446 e. The number of H-pyrrole nitrogens is 1. The topological polar surface area (TPSA) is 123 Å². The number of hydrogen-bond acceptors (Lipinski definition) is 10. The molecule has 274 valence electrons. The molecule has 53 heavy (non-hydrogen) atoms. The number of aromatic amines is 1. The lowest BCUT2D eigenvalue weighted by Crippen LogP contribution is -2.49. The third-order valence-electron chi connectivity index (χ3n) is 8.70. The predicted molar refractivity (Wildman–Crippen MR) is 204 cm³/mol. The Morgan fingerprint density at radius 3 is 2.08 bits per heavy atom. The summed E-state index contributed by atoms with van der Waals surface area (Å²) in [7, 11) is 0. The van der Waals surface area contributed by atoms with Crippen molar-refractivity contribution in [2.75, 3.05) is 6.61 Å². The maximum atomic E-state index is 13.4. The molecule has 0 amide bonds. The van der Waals surface area contributed by atoms with Crippen LogP contribution >= 0.6 is 12.2 Å². The molecule has 4 aromatic carbocycles. The van der Waals surface area contributed by atoms with Crippen LogP contribution in [0.15, 0.2) is 142 Å². The summed E-state index contributed by atoms with van der Waals surface area (Å²) in [6.45, 7) is 2.43. The van der Waals surface area contributed by atoms with Crippen LogP contribution in [0.25, 0.3) is 0 Å². The molecule has 1 saturated heterocycles. The molecule has 5 aromatic rings. The quantitative estimate of drug-likeness (QED) is 0.0675. The van der Waals surface area contributed by atoms with Crippen molar-refractivity contribution in [3.63, 3.8) is 0 Å². The molecule has 12 heteroatoms. The van der Waals surface area contributed by atoms with E-state index in [0.29, 0.717) is 30.8 Å². The van der Waals surface area contributed by atoms with Crippen LogP contribution in [0.1, 0.15) is 41.3 Å². The minimum Gasteiger partial charge on any atom is -0.446 e. The molecule has 0 unspecified atom stereocenters. The number of thiocarbonyl (C=S) groups is 1. The van der Waals surface area contributed by atoms with Gasteiger partial charge in [0.15, 0.2) is 12.3 Å². The van der Waals surface area contributed by atoms with Crippen molar-refractivity contribution in [3.05, 3.63) is 171 Å². The summed E-state index contributed by atoms with van der Waals surface area (Å²) in [5.41, 5.74) is 0.742. The Morgan fingerprint density at radius 2 is 1.43 bits per heavy atom. The van der Waals surface area contributed by atoms with Crippen LogP contribution in [-0.4, -0.2) is 45.4 Å². The van der Waals surface area contributed by atoms with Gasteiger partial charge in [-0.05, 0) is 48.6 Å². The normalized spacial score (nSPS) is 19.6. The summed E-state index contributed by atoms with van der Waals surface area (Å²) in [6, 6.07) is 38.2. The van der Waals surface area contributed by atoms with E-state index in [1.165, 1.54) is 10.8 Å². The van der Waals surface area contributed by atoms with Crippen molar-refractivity contribution in [3.8, 4) is 5.75 Å². The zero-order chi connectivity index (χ0) is 36.9. The van der Waals surface area contributed by atoms with Crippen molar-refractivity contribution in [2.45, 2.75) is 63.6 Å². The predicted octanol–water partition coefficient (Wildman–Crippen LogP) is 6.65. The highest BCUT2D eigenvalue weighted by molar-refractivity contribution is 7.79. The van der Waals surface area contributed by atoms with Gasteiger partial charge in [0.25, 0.3) is 5.56 Å². The second kappa shape index (κ2) is 18.4. The number of oxime groups is 1. The lowest BCUT2D eigenvalue weighted by atomic mass is 9.90. The summed E-state index contributed by atoms with van der Waals surface area (Å²) in [6.07, 6.45) is 0.781. The van der Waals surface area contributed by atoms with Gasteiger partial charge in [-0.3, -0.25) is 14.3 Å². The van der Waals surface area contributed by atoms with Crippen LogP contribution in [-0.2, 0) is 43.6 Å². The fraction of sp³-hybridized carbons (Fsp3) is 0.268. The summed E-state index contributed by atoms with van der Waals surface area (Å²) in [5.74, 6) is 0.468. The molecule has 11 nitrogen and oxygen atoms in total. The Balaban J connectivity index is 1.35. The number of para-hydroxylation sites is 1. The van der Waals surface area contributed by atoms with Crippen LogP contribution in [0.2, 0.25) is 0 Å². The third kappa shape index (κ3) is 10.1. The first-order valence-electron chi connectivity index (χ1n) is 17.3. The Kier molecular flexibility index (Phi) is 13.0. The van der Waals surface area contributed by atoms with E-state index in [-0.39, 0.29) is 25.1 Å². The van der Waals surface area contributed by atoms with Gasteiger partial charge in [0.2, 0.25) is 0 Å². The first-order chi connectivity index (χ1) is 25.9. The molecule has 4 atom stereocenters. The smallest absolute Gasteiger partial charge is 0.358 e. The molecule has 6 rings (SSSR count). The van der Waals surface area contributed by atoms with Gasteiger partial charge in [0.05, 0.1) is 19.8 Å². The second-order valence-corrected chi connectivity index (χ2v) is 12.9. The summed E-state index contributed by atoms with van der Waals surface area (Å²) in [4.78, 5) is 33.9. The van der Waals surface area contributed by atoms with E-state index in [9.17, 15) is 9.59 Å². The van der Waals surface area contributed by atoms with E-state index in [1.807, 2.05) is 109 Å². The van der Waals surface area contributed by atoms with E-state index in [1.54, 1.807) is 25.3 Å². The SMILES string of the molecule is Cc1cn([C@@H]2O[C@](CC/C=N/OCc3ccccc3)(COCc3ccccc3)[C@@H](OCc3ccccc3)[C@H]2OC(=S)Oc2ccccc2)c(=O)[nH]c1=O. The zero-order valence-corrected chi connectivity index (χ0v) is 30.1. The summed E-state index contributed by atoms with van der Waals surface area (Å²) < 4.78 is 33.7. The van der Waals surface area contributed by atoms with Crippen LogP contribution in [0.4, 0.5) is 0 Å². The fourth-order valence-corrected chi connectivity index (χ4v) is 6.27. The van der Waals surface area contributed by atoms with E-state index >= 15 is 0 Å². The Morgan fingerprint density at radius 1 is 0.849 bits per heavy atom. The van der Waals surface area contributed by atoms with Crippen LogP contribution < -0.4 is 16.0 Å². The molecule has 1 N–H and O–H groups in total. The maximum absolute atomic E-state index is 13.4. The van der Waals surface area contributed by atoms with Crippen molar-refractivity contribution in [1.82, 2.24) is 9.55 Å². The minimum absolute atomic E-state index is 0.0415. The van der Waals surface area contributed by atoms with Crippen LogP contribution in [0, 0.1) is 6.92 Å². The Hall–Kier alpha value is -5.40. The van der Waals surface area contributed by atoms with Crippen molar-refractivity contribution in [1.29, 1.82) is 0 Å². The van der Waals surface area contributed by atoms with Gasteiger partial charge in [-0.1, -0.05) is 114 Å². The zero-order valence-electron chi connectivity index (χ0n) is 29.2. The van der Waals surface area contributed by atoms with Gasteiger partial charge in [0, 0.05) is 30.2 Å². The number of aryl methyl sites for hydroxylation is 1. The monoisotopic (exact) mass is 735 g/mol. The number of aromatic nitrogens is 2. The molecule has 1 aliphatic heterocycles. The lowest BCUT2D eigenvalue weighted by Gasteiger charge is -2.34. The van der Waals surface area contributed by atoms with Crippen LogP contribution in [0.3, 0.4) is 0 Å². The molecule has 1 aromatic heterocycles. The van der Waals surface area contributed by atoms with Gasteiger partial charge in [0.1, 0.15) is 24.1 Å². The molecule has 0 radical (unpaired) electrons. The lowest BCUT2D eigenvalue weighted by molar-refractivity contribution is -0.160. The number of hydrogen-bond donors (Lipinski definition) is 1. The molecule has 2 heterocycles.